The van der Waals surface area contributed by atoms with Crippen LogP contribution in [-0.4, -0.2) is 36.1 Å². The molecule has 0 bridgehead atoms. The third kappa shape index (κ3) is 2.74. The van der Waals surface area contributed by atoms with Crippen molar-refractivity contribution < 1.29 is 0 Å². The van der Waals surface area contributed by atoms with Crippen molar-refractivity contribution in [1.82, 2.24) is 9.88 Å². The van der Waals surface area contributed by atoms with E-state index in [1.807, 2.05) is 0 Å². The van der Waals surface area contributed by atoms with Crippen LogP contribution in [0.2, 0.25) is 0 Å². The van der Waals surface area contributed by atoms with Crippen molar-refractivity contribution >= 4 is 16.5 Å². The molecule has 0 saturated carbocycles. The molecular weight excluding hydrogens is 218 g/mol. The van der Waals surface area contributed by atoms with Gasteiger partial charge in [-0.05, 0) is 39.3 Å². The van der Waals surface area contributed by atoms with Gasteiger partial charge in [0.15, 0.2) is 5.13 Å². The molecule has 3 nitrogen and oxygen atoms in total. The minimum Gasteiger partial charge on any atom is -0.361 e. The van der Waals surface area contributed by atoms with Gasteiger partial charge in [-0.25, -0.2) is 4.98 Å². The summed E-state index contributed by atoms with van der Waals surface area (Å²) < 4.78 is 0. The van der Waals surface area contributed by atoms with Gasteiger partial charge >= 0.3 is 0 Å². The second-order valence-corrected chi connectivity index (χ2v) is 5.79. The van der Waals surface area contributed by atoms with E-state index in [4.69, 9.17) is 0 Å². The Morgan fingerprint density at radius 3 is 2.88 bits per heavy atom. The molecule has 1 aliphatic rings. The number of hydrogen-bond acceptors (Lipinski definition) is 4. The van der Waals surface area contributed by atoms with Crippen molar-refractivity contribution in [1.29, 1.82) is 0 Å². The van der Waals surface area contributed by atoms with Crippen molar-refractivity contribution in [3.63, 3.8) is 0 Å². The number of likely N-dealkylation sites (tertiary alicyclic amines) is 1. The Kier molecular flexibility index (Phi) is 3.82. The summed E-state index contributed by atoms with van der Waals surface area (Å²) in [5, 5.41) is 4.56. The molecule has 1 atom stereocenters. The summed E-state index contributed by atoms with van der Waals surface area (Å²) in [5.41, 5.74) is 1.16. The van der Waals surface area contributed by atoms with E-state index < -0.39 is 0 Å². The van der Waals surface area contributed by atoms with Crippen LogP contribution < -0.4 is 5.32 Å². The molecule has 0 radical (unpaired) electrons. The molecule has 1 saturated heterocycles. The van der Waals surface area contributed by atoms with E-state index in [1.54, 1.807) is 11.3 Å². The fraction of sp³-hybridized carbons (Fsp3) is 0.750. The molecule has 0 aliphatic carbocycles. The smallest absolute Gasteiger partial charge is 0.183 e. The summed E-state index contributed by atoms with van der Waals surface area (Å²) in [5.74, 6) is 0.796. The van der Waals surface area contributed by atoms with Crippen molar-refractivity contribution in [3.05, 3.63) is 10.6 Å². The first-order chi connectivity index (χ1) is 7.69. The average molecular weight is 239 g/mol. The van der Waals surface area contributed by atoms with Crippen LogP contribution in [0.15, 0.2) is 0 Å². The molecule has 1 fully saturated rings. The third-order valence-corrected chi connectivity index (χ3v) is 4.42. The molecule has 2 heterocycles. The van der Waals surface area contributed by atoms with E-state index in [1.165, 1.54) is 30.9 Å². The predicted molar refractivity (Wildman–Crippen MR) is 70.3 cm³/mol. The summed E-state index contributed by atoms with van der Waals surface area (Å²) in [6.07, 6.45) is 1.32. The second kappa shape index (κ2) is 5.15. The van der Waals surface area contributed by atoms with Gasteiger partial charge in [0.2, 0.25) is 0 Å². The number of hydrogen-bond donors (Lipinski definition) is 1. The zero-order chi connectivity index (χ0) is 11.5. The number of aromatic nitrogens is 1. The second-order valence-electron chi connectivity index (χ2n) is 4.59. The van der Waals surface area contributed by atoms with Crippen LogP contribution in [0.3, 0.4) is 0 Å². The minimum absolute atomic E-state index is 0.796. The van der Waals surface area contributed by atoms with E-state index in [-0.39, 0.29) is 0 Å². The quantitative estimate of drug-likeness (QED) is 0.875. The van der Waals surface area contributed by atoms with Crippen LogP contribution in [0.1, 0.15) is 23.9 Å². The Bertz CT molecular complexity index is 329. The van der Waals surface area contributed by atoms with Gasteiger partial charge in [-0.1, -0.05) is 6.92 Å². The number of rotatable bonds is 4. The predicted octanol–water partition coefficient (Wildman–Crippen LogP) is 2.51. The normalized spacial score (nSPS) is 21.6. The first kappa shape index (κ1) is 11.9. The van der Waals surface area contributed by atoms with Gasteiger partial charge in [-0.3, -0.25) is 0 Å². The Morgan fingerprint density at radius 2 is 2.31 bits per heavy atom. The largest absolute Gasteiger partial charge is 0.361 e. The van der Waals surface area contributed by atoms with Crippen LogP contribution in [-0.2, 0) is 0 Å². The maximum atomic E-state index is 4.50. The lowest BCUT2D eigenvalue weighted by Gasteiger charge is -2.13. The van der Waals surface area contributed by atoms with Crippen LogP contribution in [0.5, 0.6) is 0 Å². The third-order valence-electron chi connectivity index (χ3n) is 3.39. The lowest BCUT2D eigenvalue weighted by Crippen LogP contribution is -2.22. The molecule has 1 unspecified atom stereocenters. The van der Waals surface area contributed by atoms with Crippen molar-refractivity contribution in [2.75, 3.05) is 31.5 Å². The zero-order valence-corrected chi connectivity index (χ0v) is 11.2. The molecule has 1 N–H and O–H groups in total. The van der Waals surface area contributed by atoms with E-state index in [0.29, 0.717) is 0 Å². The molecule has 16 heavy (non-hydrogen) atoms. The highest BCUT2D eigenvalue weighted by Crippen LogP contribution is 2.22. The van der Waals surface area contributed by atoms with Crippen LogP contribution in [0.25, 0.3) is 0 Å². The van der Waals surface area contributed by atoms with Gasteiger partial charge in [0.1, 0.15) is 0 Å². The Labute approximate surface area is 102 Å². The monoisotopic (exact) mass is 239 g/mol. The van der Waals surface area contributed by atoms with Crippen LogP contribution >= 0.6 is 11.3 Å². The van der Waals surface area contributed by atoms with Crippen molar-refractivity contribution in [2.24, 2.45) is 5.92 Å². The SMILES string of the molecule is CCN1CCC(CNc2nc(C)c(C)s2)C1. The van der Waals surface area contributed by atoms with E-state index >= 15 is 0 Å². The van der Waals surface area contributed by atoms with Gasteiger partial charge in [0.25, 0.3) is 0 Å². The van der Waals surface area contributed by atoms with E-state index in [2.05, 4.69) is 36.0 Å². The summed E-state index contributed by atoms with van der Waals surface area (Å²) in [6.45, 7) is 11.2. The Morgan fingerprint density at radius 1 is 1.50 bits per heavy atom. The lowest BCUT2D eigenvalue weighted by atomic mass is 10.1. The Balaban J connectivity index is 1.79. The first-order valence-electron chi connectivity index (χ1n) is 6.09. The molecule has 1 aromatic rings. The highest BCUT2D eigenvalue weighted by Gasteiger charge is 2.20. The van der Waals surface area contributed by atoms with Crippen LogP contribution in [0.4, 0.5) is 5.13 Å². The highest BCUT2D eigenvalue weighted by molar-refractivity contribution is 7.15. The maximum Gasteiger partial charge on any atom is 0.183 e. The van der Waals surface area contributed by atoms with E-state index in [9.17, 15) is 0 Å². The molecule has 2 rings (SSSR count). The zero-order valence-electron chi connectivity index (χ0n) is 10.4. The number of thiazole rings is 1. The molecular formula is C12H21N3S. The minimum atomic E-state index is 0.796. The molecule has 0 aromatic carbocycles. The molecule has 90 valence electrons. The van der Waals surface area contributed by atoms with Gasteiger partial charge < -0.3 is 10.2 Å². The first-order valence-corrected chi connectivity index (χ1v) is 6.91. The van der Waals surface area contributed by atoms with E-state index in [0.717, 1.165) is 23.3 Å². The molecule has 1 aromatic heterocycles. The number of aryl methyl sites for hydroxylation is 2. The molecule has 0 amide bonds. The number of nitrogens with one attached hydrogen (secondary N) is 1. The van der Waals surface area contributed by atoms with Gasteiger partial charge in [-0.2, -0.15) is 0 Å². The molecule has 4 heteroatoms. The standard InChI is InChI=1S/C12H21N3S/c1-4-15-6-5-11(8-15)7-13-12-14-9(2)10(3)16-12/h11H,4-8H2,1-3H3,(H,13,14). The Hall–Kier alpha value is -0.610. The fourth-order valence-electron chi connectivity index (χ4n) is 2.15. The van der Waals surface area contributed by atoms with Gasteiger partial charge in [-0.15, -0.1) is 11.3 Å². The van der Waals surface area contributed by atoms with Crippen molar-refractivity contribution in [3.8, 4) is 0 Å². The maximum absolute atomic E-state index is 4.50. The average Bonchev–Trinajstić information content (AvgIpc) is 2.84. The number of anilines is 1. The lowest BCUT2D eigenvalue weighted by molar-refractivity contribution is 0.345. The molecule has 0 spiro atoms. The molecule has 1 aliphatic heterocycles. The highest BCUT2D eigenvalue weighted by atomic mass is 32.1. The summed E-state index contributed by atoms with van der Waals surface area (Å²) >= 11 is 1.77. The summed E-state index contributed by atoms with van der Waals surface area (Å²) in [4.78, 5) is 8.35. The topological polar surface area (TPSA) is 28.2 Å². The fourth-order valence-corrected chi connectivity index (χ4v) is 2.97. The number of nitrogens with zero attached hydrogens (tertiary/aromatic N) is 2. The van der Waals surface area contributed by atoms with Gasteiger partial charge in [0.05, 0.1) is 5.69 Å². The van der Waals surface area contributed by atoms with Crippen LogP contribution in [0, 0.1) is 19.8 Å². The van der Waals surface area contributed by atoms with Crippen molar-refractivity contribution in [2.45, 2.75) is 27.2 Å². The summed E-state index contributed by atoms with van der Waals surface area (Å²) in [6, 6.07) is 0. The summed E-state index contributed by atoms with van der Waals surface area (Å²) in [7, 11) is 0. The van der Waals surface area contributed by atoms with Gasteiger partial charge in [0, 0.05) is 18.0 Å².